The number of rotatable bonds is 3. The van der Waals surface area contributed by atoms with E-state index in [1.54, 1.807) is 12.1 Å². The maximum atomic E-state index is 9.78. The molecule has 0 aliphatic rings. The lowest BCUT2D eigenvalue weighted by Gasteiger charge is -2.10. The van der Waals surface area contributed by atoms with Gasteiger partial charge >= 0.3 is 0 Å². The molecule has 2 N–H and O–H groups in total. The minimum Gasteiger partial charge on any atom is -0.506 e. The molecule has 2 rings (SSSR count). The van der Waals surface area contributed by atoms with Crippen molar-refractivity contribution in [3.05, 3.63) is 57.6 Å². The number of halogens is 2. The highest BCUT2D eigenvalue weighted by Crippen LogP contribution is 2.28. The van der Waals surface area contributed by atoms with Crippen LogP contribution in [0.3, 0.4) is 0 Å². The Morgan fingerprint density at radius 2 is 1.89 bits per heavy atom. The number of hydrogen-bond acceptors (Lipinski definition) is 2. The average molecular weight is 282 g/mol. The molecule has 2 aromatic rings. The smallest absolute Gasteiger partial charge is 0.139 e. The fraction of sp³-hybridized carbons (Fsp3) is 0.143. The minimum absolute atomic E-state index is 0.116. The predicted octanol–water partition coefficient (Wildman–Crippen LogP) is 4.62. The van der Waals surface area contributed by atoms with Gasteiger partial charge in [-0.3, -0.25) is 0 Å². The SMILES string of the molecule is Cc1ccc(NCc2cccc(Cl)c2O)cc1Cl. The van der Waals surface area contributed by atoms with Crippen molar-refractivity contribution in [2.24, 2.45) is 0 Å². The highest BCUT2D eigenvalue weighted by Gasteiger charge is 2.05. The molecule has 18 heavy (non-hydrogen) atoms. The topological polar surface area (TPSA) is 32.3 Å². The molecule has 2 nitrogen and oxygen atoms in total. The molecule has 94 valence electrons. The Hall–Kier alpha value is -1.38. The summed E-state index contributed by atoms with van der Waals surface area (Å²) in [4.78, 5) is 0. The van der Waals surface area contributed by atoms with Gasteiger partial charge in [-0.05, 0) is 30.7 Å². The first-order valence-electron chi connectivity index (χ1n) is 5.54. The molecule has 0 unspecified atom stereocenters. The van der Waals surface area contributed by atoms with Crippen LogP contribution in [0.2, 0.25) is 10.0 Å². The first-order chi connectivity index (χ1) is 8.58. The second-order valence-electron chi connectivity index (χ2n) is 4.07. The number of anilines is 1. The number of para-hydroxylation sites is 1. The summed E-state index contributed by atoms with van der Waals surface area (Å²) in [6, 6.07) is 11.0. The van der Waals surface area contributed by atoms with E-state index < -0.39 is 0 Å². The molecule has 0 radical (unpaired) electrons. The van der Waals surface area contributed by atoms with Crippen LogP contribution in [-0.4, -0.2) is 5.11 Å². The largest absolute Gasteiger partial charge is 0.506 e. The predicted molar refractivity (Wildman–Crippen MR) is 76.6 cm³/mol. The van der Waals surface area contributed by atoms with Crippen LogP contribution in [0, 0.1) is 6.92 Å². The second kappa shape index (κ2) is 5.51. The highest BCUT2D eigenvalue weighted by molar-refractivity contribution is 6.32. The summed E-state index contributed by atoms with van der Waals surface area (Å²) < 4.78 is 0. The van der Waals surface area contributed by atoms with Crippen molar-refractivity contribution >= 4 is 28.9 Å². The molecule has 0 spiro atoms. The maximum absolute atomic E-state index is 9.78. The van der Waals surface area contributed by atoms with E-state index >= 15 is 0 Å². The molecule has 0 fully saturated rings. The number of hydrogen-bond donors (Lipinski definition) is 2. The lowest BCUT2D eigenvalue weighted by atomic mass is 10.2. The Labute approximate surface area is 116 Å². The highest BCUT2D eigenvalue weighted by atomic mass is 35.5. The van der Waals surface area contributed by atoms with E-state index in [4.69, 9.17) is 23.2 Å². The lowest BCUT2D eigenvalue weighted by Crippen LogP contribution is -1.99. The van der Waals surface area contributed by atoms with Crippen LogP contribution >= 0.6 is 23.2 Å². The maximum Gasteiger partial charge on any atom is 0.139 e. The third kappa shape index (κ3) is 2.89. The molecule has 0 heterocycles. The summed E-state index contributed by atoms with van der Waals surface area (Å²) in [7, 11) is 0. The molecule has 2 aromatic carbocycles. The fourth-order valence-corrected chi connectivity index (χ4v) is 1.98. The fourth-order valence-electron chi connectivity index (χ4n) is 1.60. The number of benzene rings is 2. The van der Waals surface area contributed by atoms with Gasteiger partial charge in [-0.1, -0.05) is 41.4 Å². The zero-order valence-electron chi connectivity index (χ0n) is 9.87. The molecule has 0 saturated heterocycles. The summed E-state index contributed by atoms with van der Waals surface area (Å²) in [5.74, 6) is 0.116. The van der Waals surface area contributed by atoms with E-state index in [1.165, 1.54) is 0 Å². The summed E-state index contributed by atoms with van der Waals surface area (Å²) >= 11 is 11.9. The van der Waals surface area contributed by atoms with Crippen LogP contribution in [0.15, 0.2) is 36.4 Å². The number of aromatic hydroxyl groups is 1. The molecule has 0 bridgehead atoms. The molecule has 0 saturated carbocycles. The van der Waals surface area contributed by atoms with Gasteiger partial charge in [-0.15, -0.1) is 0 Å². The van der Waals surface area contributed by atoms with E-state index in [2.05, 4.69) is 5.32 Å². The first kappa shape index (κ1) is 13.1. The van der Waals surface area contributed by atoms with Crippen molar-refractivity contribution in [2.45, 2.75) is 13.5 Å². The number of nitrogens with one attached hydrogen (secondary N) is 1. The standard InChI is InChI=1S/C14H13Cl2NO/c1-9-5-6-11(7-13(9)16)17-8-10-3-2-4-12(15)14(10)18/h2-7,17-18H,8H2,1H3. The van der Waals surface area contributed by atoms with Crippen LogP contribution in [-0.2, 0) is 6.54 Å². The van der Waals surface area contributed by atoms with Gasteiger partial charge in [0, 0.05) is 22.8 Å². The third-order valence-electron chi connectivity index (χ3n) is 2.73. The van der Waals surface area contributed by atoms with Crippen molar-refractivity contribution in [3.8, 4) is 5.75 Å². The zero-order chi connectivity index (χ0) is 13.1. The summed E-state index contributed by atoms with van der Waals surface area (Å²) in [6.45, 7) is 2.45. The van der Waals surface area contributed by atoms with E-state index in [-0.39, 0.29) is 5.75 Å². The Bertz CT molecular complexity index is 570. The monoisotopic (exact) mass is 281 g/mol. The number of phenolic OH excluding ortho intramolecular Hbond substituents is 1. The van der Waals surface area contributed by atoms with Crippen molar-refractivity contribution in [2.75, 3.05) is 5.32 Å². The van der Waals surface area contributed by atoms with Crippen molar-refractivity contribution in [1.29, 1.82) is 0 Å². The van der Waals surface area contributed by atoms with Gasteiger partial charge in [0.2, 0.25) is 0 Å². The molecule has 0 aromatic heterocycles. The van der Waals surface area contributed by atoms with Crippen LogP contribution in [0.1, 0.15) is 11.1 Å². The number of aryl methyl sites for hydroxylation is 1. The van der Waals surface area contributed by atoms with Gasteiger partial charge in [0.15, 0.2) is 0 Å². The molecule has 0 atom stereocenters. The van der Waals surface area contributed by atoms with E-state index in [0.29, 0.717) is 11.6 Å². The first-order valence-corrected chi connectivity index (χ1v) is 6.30. The number of phenols is 1. The van der Waals surface area contributed by atoms with Gasteiger partial charge < -0.3 is 10.4 Å². The summed E-state index contributed by atoms with van der Waals surface area (Å²) in [6.07, 6.45) is 0. The van der Waals surface area contributed by atoms with Crippen LogP contribution in [0.4, 0.5) is 5.69 Å². The summed E-state index contributed by atoms with van der Waals surface area (Å²) in [5.41, 5.74) is 2.69. The quantitative estimate of drug-likeness (QED) is 0.861. The Morgan fingerprint density at radius 1 is 1.11 bits per heavy atom. The molecule has 0 aliphatic heterocycles. The molecule has 4 heteroatoms. The van der Waals surface area contributed by atoms with Crippen molar-refractivity contribution < 1.29 is 5.11 Å². The van der Waals surface area contributed by atoms with Crippen molar-refractivity contribution in [3.63, 3.8) is 0 Å². The summed E-state index contributed by atoms with van der Waals surface area (Å²) in [5, 5.41) is 14.0. The van der Waals surface area contributed by atoms with Gasteiger partial charge in [-0.2, -0.15) is 0 Å². The van der Waals surface area contributed by atoms with E-state index in [0.717, 1.165) is 21.8 Å². The van der Waals surface area contributed by atoms with E-state index in [9.17, 15) is 5.11 Å². The van der Waals surface area contributed by atoms with Crippen LogP contribution in [0.5, 0.6) is 5.75 Å². The molecular formula is C14H13Cl2NO. The van der Waals surface area contributed by atoms with Gasteiger partial charge in [0.05, 0.1) is 5.02 Å². The van der Waals surface area contributed by atoms with Crippen LogP contribution in [0.25, 0.3) is 0 Å². The second-order valence-corrected chi connectivity index (χ2v) is 4.88. The zero-order valence-corrected chi connectivity index (χ0v) is 11.4. The third-order valence-corrected chi connectivity index (χ3v) is 3.44. The van der Waals surface area contributed by atoms with Crippen molar-refractivity contribution in [1.82, 2.24) is 0 Å². The minimum atomic E-state index is 0.116. The normalized spacial score (nSPS) is 10.4. The molecular weight excluding hydrogens is 269 g/mol. The van der Waals surface area contributed by atoms with Gasteiger partial charge in [0.1, 0.15) is 5.75 Å². The van der Waals surface area contributed by atoms with E-state index in [1.807, 2.05) is 31.2 Å². The van der Waals surface area contributed by atoms with Gasteiger partial charge in [-0.25, -0.2) is 0 Å². The Balaban J connectivity index is 2.11. The average Bonchev–Trinajstić information content (AvgIpc) is 2.35. The van der Waals surface area contributed by atoms with Crippen LogP contribution < -0.4 is 5.32 Å². The molecule has 0 aliphatic carbocycles. The van der Waals surface area contributed by atoms with Gasteiger partial charge in [0.25, 0.3) is 0 Å². The molecule has 0 amide bonds. The Morgan fingerprint density at radius 3 is 2.61 bits per heavy atom. The lowest BCUT2D eigenvalue weighted by molar-refractivity contribution is 0.469. The Kier molecular flexibility index (Phi) is 4.00.